The van der Waals surface area contributed by atoms with Crippen LogP contribution in [0.15, 0.2) is 42.5 Å². The maximum Gasteiger partial charge on any atom is 0.416 e. The van der Waals surface area contributed by atoms with Gasteiger partial charge in [0.2, 0.25) is 0 Å². The predicted octanol–water partition coefficient (Wildman–Crippen LogP) is 4.43. The highest BCUT2D eigenvalue weighted by molar-refractivity contribution is 5.97. The number of aromatic nitrogens is 1. The van der Waals surface area contributed by atoms with Crippen LogP contribution in [0.2, 0.25) is 0 Å². The lowest BCUT2D eigenvalue weighted by atomic mass is 9.92. The van der Waals surface area contributed by atoms with E-state index in [9.17, 15) is 18.0 Å². The number of aryl methyl sites for hydroxylation is 1. The van der Waals surface area contributed by atoms with E-state index in [1.165, 1.54) is 12.1 Å². The smallest absolute Gasteiger partial charge is 0.326 e. The van der Waals surface area contributed by atoms with Gasteiger partial charge < -0.3 is 10.5 Å². The number of carbonyl (C=O) groups excluding carboxylic acids is 1. The minimum absolute atomic E-state index is 0.101. The van der Waals surface area contributed by atoms with E-state index in [2.05, 4.69) is 4.98 Å². The van der Waals surface area contributed by atoms with Gasteiger partial charge in [0, 0.05) is 18.4 Å². The van der Waals surface area contributed by atoms with Gasteiger partial charge in [-0.2, -0.15) is 13.2 Å². The predicted molar refractivity (Wildman–Crippen MR) is 94.6 cm³/mol. The summed E-state index contributed by atoms with van der Waals surface area (Å²) in [6, 6.07) is 10.6. The molecule has 134 valence electrons. The van der Waals surface area contributed by atoms with Crippen LogP contribution >= 0.6 is 0 Å². The van der Waals surface area contributed by atoms with Crippen LogP contribution in [0.25, 0.3) is 22.0 Å². The highest BCUT2D eigenvalue weighted by Crippen LogP contribution is 2.36. The van der Waals surface area contributed by atoms with Gasteiger partial charge in [0.05, 0.1) is 16.8 Å². The fourth-order valence-corrected chi connectivity index (χ4v) is 3.09. The fourth-order valence-electron chi connectivity index (χ4n) is 3.09. The summed E-state index contributed by atoms with van der Waals surface area (Å²) in [5.74, 6) is 0. The topological polar surface area (TPSA) is 56.0 Å². The highest BCUT2D eigenvalue weighted by Gasteiger charge is 2.30. The molecule has 0 bridgehead atoms. The van der Waals surface area contributed by atoms with Crippen molar-refractivity contribution in [2.75, 3.05) is 0 Å². The molecule has 0 aliphatic heterocycles. The lowest BCUT2D eigenvalue weighted by Crippen LogP contribution is -2.09. The van der Waals surface area contributed by atoms with Gasteiger partial charge >= 0.3 is 6.18 Å². The minimum atomic E-state index is -4.39. The van der Waals surface area contributed by atoms with E-state index in [-0.39, 0.29) is 13.0 Å². The second-order valence-corrected chi connectivity index (χ2v) is 6.08. The molecule has 0 saturated carbocycles. The van der Waals surface area contributed by atoms with E-state index in [1.54, 1.807) is 0 Å². The third-order valence-electron chi connectivity index (χ3n) is 4.31. The maximum atomic E-state index is 12.9. The molecule has 0 spiro atoms. The number of hydrogen-bond donors (Lipinski definition) is 1. The summed E-state index contributed by atoms with van der Waals surface area (Å²) in [6.07, 6.45) is -3.54. The molecule has 2 N–H and O–H groups in total. The van der Waals surface area contributed by atoms with Gasteiger partial charge in [-0.05, 0) is 47.9 Å². The molecule has 1 heterocycles. The molecule has 6 heteroatoms. The molecule has 0 saturated heterocycles. The molecule has 1 aromatic heterocycles. The van der Waals surface area contributed by atoms with Crippen molar-refractivity contribution in [1.82, 2.24) is 4.98 Å². The van der Waals surface area contributed by atoms with Gasteiger partial charge in [-0.15, -0.1) is 0 Å². The molecule has 2 aromatic carbocycles. The van der Waals surface area contributed by atoms with Crippen molar-refractivity contribution in [2.24, 2.45) is 5.73 Å². The standard InChI is InChI=1S/C20H17F3N2O/c1-12-2-7-17-15(10-12)19(16(11-24)18(25-17)8-9-26)13-3-5-14(6-4-13)20(21,22)23/h2-7,9-10H,8,11,24H2,1H3. The van der Waals surface area contributed by atoms with Crippen LogP contribution in [-0.4, -0.2) is 11.3 Å². The van der Waals surface area contributed by atoms with Crippen molar-refractivity contribution in [3.05, 3.63) is 64.8 Å². The highest BCUT2D eigenvalue weighted by atomic mass is 19.4. The number of nitrogens with two attached hydrogens (primary N) is 1. The maximum absolute atomic E-state index is 12.9. The average molecular weight is 358 g/mol. The Kier molecular flexibility index (Phi) is 4.78. The van der Waals surface area contributed by atoms with Gasteiger partial charge in [-0.1, -0.05) is 23.8 Å². The van der Waals surface area contributed by atoms with Crippen LogP contribution in [0.5, 0.6) is 0 Å². The lowest BCUT2D eigenvalue weighted by molar-refractivity contribution is -0.137. The normalized spacial score (nSPS) is 11.7. The molecule has 3 rings (SSSR count). The Balaban J connectivity index is 2.31. The number of nitrogens with zero attached hydrogens (tertiary/aromatic N) is 1. The van der Waals surface area contributed by atoms with Crippen molar-refractivity contribution in [2.45, 2.75) is 26.1 Å². The van der Waals surface area contributed by atoms with Crippen molar-refractivity contribution in [3.8, 4) is 11.1 Å². The number of carbonyl (C=O) groups is 1. The van der Waals surface area contributed by atoms with Crippen molar-refractivity contribution >= 4 is 17.2 Å². The van der Waals surface area contributed by atoms with Crippen LogP contribution in [0.4, 0.5) is 13.2 Å². The van der Waals surface area contributed by atoms with E-state index < -0.39 is 11.7 Å². The molecule has 3 aromatic rings. The van der Waals surface area contributed by atoms with Crippen LogP contribution < -0.4 is 5.73 Å². The number of pyridine rings is 1. The zero-order valence-corrected chi connectivity index (χ0v) is 14.1. The SMILES string of the molecule is Cc1ccc2nc(CC=O)c(CN)c(-c3ccc(C(F)(F)F)cc3)c2c1. The number of halogens is 3. The van der Waals surface area contributed by atoms with E-state index in [4.69, 9.17) is 5.73 Å². The molecule has 0 atom stereocenters. The number of benzene rings is 2. The number of rotatable bonds is 4. The van der Waals surface area contributed by atoms with E-state index in [0.717, 1.165) is 34.9 Å². The quantitative estimate of drug-likeness (QED) is 0.702. The first kappa shape index (κ1) is 18.1. The number of fused-ring (bicyclic) bond motifs is 1. The molecule has 0 radical (unpaired) electrons. The fraction of sp³-hybridized carbons (Fsp3) is 0.200. The zero-order chi connectivity index (χ0) is 18.9. The Hall–Kier alpha value is -2.73. The molecule has 0 aliphatic carbocycles. The Bertz CT molecular complexity index is 963. The molecule has 26 heavy (non-hydrogen) atoms. The number of alkyl halides is 3. The van der Waals surface area contributed by atoms with Gasteiger partial charge in [0.1, 0.15) is 6.29 Å². The molecule has 0 amide bonds. The number of hydrogen-bond acceptors (Lipinski definition) is 3. The summed E-state index contributed by atoms with van der Waals surface area (Å²) >= 11 is 0. The third-order valence-corrected chi connectivity index (χ3v) is 4.31. The Morgan fingerprint density at radius 1 is 1.12 bits per heavy atom. The first-order valence-electron chi connectivity index (χ1n) is 8.08. The summed E-state index contributed by atoms with van der Waals surface area (Å²) in [4.78, 5) is 15.6. The second-order valence-electron chi connectivity index (χ2n) is 6.08. The monoisotopic (exact) mass is 358 g/mol. The van der Waals surface area contributed by atoms with Gasteiger partial charge in [-0.3, -0.25) is 4.98 Å². The van der Waals surface area contributed by atoms with Crippen LogP contribution in [-0.2, 0) is 23.9 Å². The third kappa shape index (κ3) is 3.32. The Labute approximate surface area is 148 Å². The van der Waals surface area contributed by atoms with Gasteiger partial charge in [0.25, 0.3) is 0 Å². The summed E-state index contributed by atoms with van der Waals surface area (Å²) < 4.78 is 38.6. The molecular formula is C20H17F3N2O. The Morgan fingerprint density at radius 3 is 2.38 bits per heavy atom. The minimum Gasteiger partial charge on any atom is -0.326 e. The summed E-state index contributed by atoms with van der Waals surface area (Å²) in [6.45, 7) is 2.06. The average Bonchev–Trinajstić information content (AvgIpc) is 2.60. The second kappa shape index (κ2) is 6.88. The first-order chi connectivity index (χ1) is 12.3. The van der Waals surface area contributed by atoms with E-state index in [1.807, 2.05) is 25.1 Å². The van der Waals surface area contributed by atoms with Crippen molar-refractivity contribution in [3.63, 3.8) is 0 Å². The Morgan fingerprint density at radius 2 is 1.81 bits per heavy atom. The first-order valence-corrected chi connectivity index (χ1v) is 8.08. The van der Waals surface area contributed by atoms with Gasteiger partial charge in [0.15, 0.2) is 0 Å². The largest absolute Gasteiger partial charge is 0.416 e. The summed E-state index contributed by atoms with van der Waals surface area (Å²) in [5, 5.41) is 0.805. The number of aldehydes is 1. The summed E-state index contributed by atoms with van der Waals surface area (Å²) in [5.41, 5.74) is 9.45. The molecule has 0 aliphatic rings. The van der Waals surface area contributed by atoms with E-state index >= 15 is 0 Å². The van der Waals surface area contributed by atoms with Gasteiger partial charge in [-0.25, -0.2) is 0 Å². The zero-order valence-electron chi connectivity index (χ0n) is 14.1. The molecule has 3 nitrogen and oxygen atoms in total. The van der Waals surface area contributed by atoms with Crippen molar-refractivity contribution in [1.29, 1.82) is 0 Å². The lowest BCUT2D eigenvalue weighted by Gasteiger charge is -2.17. The van der Waals surface area contributed by atoms with E-state index in [0.29, 0.717) is 22.3 Å². The molecular weight excluding hydrogens is 341 g/mol. The van der Waals surface area contributed by atoms with Crippen LogP contribution in [0, 0.1) is 6.92 Å². The van der Waals surface area contributed by atoms with Crippen LogP contribution in [0.1, 0.15) is 22.4 Å². The molecule has 0 unspecified atom stereocenters. The summed E-state index contributed by atoms with van der Waals surface area (Å²) in [7, 11) is 0. The van der Waals surface area contributed by atoms with Crippen LogP contribution in [0.3, 0.4) is 0 Å². The van der Waals surface area contributed by atoms with Crippen molar-refractivity contribution < 1.29 is 18.0 Å². The molecule has 0 fully saturated rings.